The molecule has 0 aliphatic carbocycles. The number of rotatable bonds is 8. The summed E-state index contributed by atoms with van der Waals surface area (Å²) in [6.45, 7) is 20.5. The van der Waals surface area contributed by atoms with Crippen LogP contribution in [0, 0.1) is 6.67 Å². The molecule has 0 bridgehead atoms. The second kappa shape index (κ2) is 16.0. The molecule has 0 unspecified atom stereocenters. The largest absolute Gasteiger partial charge is 0.658 e. The Hall–Kier alpha value is -3.24. The maximum absolute atomic E-state index is 4.44. The topological polar surface area (TPSA) is 20.6 Å². The second-order valence-corrected chi connectivity index (χ2v) is 12.2. The van der Waals surface area contributed by atoms with Gasteiger partial charge in [0.2, 0.25) is 0 Å². The van der Waals surface area contributed by atoms with Crippen molar-refractivity contribution in [3.05, 3.63) is 144 Å². The molecule has 3 nitrogen and oxygen atoms in total. The maximum atomic E-state index is 4.44. The van der Waals surface area contributed by atoms with Crippen LogP contribution >= 0.6 is 0 Å². The number of nitrogens with zero attached hydrogens (tertiary/aromatic N) is 3. The fourth-order valence-electron chi connectivity index (χ4n) is 5.39. The van der Waals surface area contributed by atoms with Crippen LogP contribution in [0.3, 0.4) is 0 Å². The summed E-state index contributed by atoms with van der Waals surface area (Å²) in [7, 11) is 0. The third-order valence-electron chi connectivity index (χ3n) is 7.61. The molecule has 0 saturated heterocycles. The standard InChI is InChI=1S/C27H37N2.C12H10N.Au/c1-18(2)22-11-9-12-23(19(3)4)26(22)28-15-16-29(17-28)27-24(20(5)6)13-10-14-25(27)21(7)8;1-3-7-11(8-4-1)13-12-9-5-2-6-10-12;/h9-21H,1-8H3;1-10H;/q2*-1;. The molecule has 43 heavy (non-hydrogen) atoms. The summed E-state index contributed by atoms with van der Waals surface area (Å²) in [4.78, 5) is 4.65. The molecule has 4 heteroatoms. The van der Waals surface area contributed by atoms with E-state index in [1.807, 2.05) is 60.7 Å². The van der Waals surface area contributed by atoms with E-state index >= 15 is 0 Å². The van der Waals surface area contributed by atoms with Crippen molar-refractivity contribution >= 4 is 22.7 Å². The van der Waals surface area contributed by atoms with E-state index in [-0.39, 0.29) is 22.4 Å². The van der Waals surface area contributed by atoms with Crippen molar-refractivity contribution in [1.29, 1.82) is 0 Å². The molecule has 4 aromatic rings. The first kappa shape index (κ1) is 34.3. The molecule has 0 N–H and O–H groups in total. The predicted molar refractivity (Wildman–Crippen MR) is 183 cm³/mol. The minimum atomic E-state index is 0. The Labute approximate surface area is 276 Å². The molecule has 0 saturated carbocycles. The molecule has 1 aliphatic rings. The molecule has 1 aliphatic heterocycles. The van der Waals surface area contributed by atoms with Gasteiger partial charge in [0.15, 0.2) is 0 Å². The Bertz CT molecular complexity index is 1280. The van der Waals surface area contributed by atoms with Crippen molar-refractivity contribution in [2.75, 3.05) is 9.80 Å². The average molecular weight is 755 g/mol. The van der Waals surface area contributed by atoms with Gasteiger partial charge in [-0.2, -0.15) is 0 Å². The van der Waals surface area contributed by atoms with Crippen molar-refractivity contribution in [3.63, 3.8) is 0 Å². The van der Waals surface area contributed by atoms with Gasteiger partial charge in [0.1, 0.15) is 0 Å². The van der Waals surface area contributed by atoms with Gasteiger partial charge in [-0.3, -0.25) is 0 Å². The predicted octanol–water partition coefficient (Wildman–Crippen LogP) is 12.1. The van der Waals surface area contributed by atoms with Gasteiger partial charge in [-0.1, -0.05) is 152 Å². The smallest absolute Gasteiger partial charge is 0.0195 e. The SMILES string of the molecule is CC(C)c1cccc(C(C)C)c1N1C=CN(c2c(C(C)C)cccc2C(C)C)[CH-]1.[Au].c1ccc([N-]c2ccccc2)cc1. The molecule has 1 heterocycles. The van der Waals surface area contributed by atoms with Gasteiger partial charge < -0.3 is 15.1 Å². The summed E-state index contributed by atoms with van der Waals surface area (Å²) in [6, 6.07) is 33.4. The van der Waals surface area contributed by atoms with Gasteiger partial charge in [-0.05, 0) is 58.3 Å². The van der Waals surface area contributed by atoms with Crippen LogP contribution in [-0.2, 0) is 22.4 Å². The molecule has 1 radical (unpaired) electrons. The van der Waals surface area contributed by atoms with Gasteiger partial charge in [-0.25, -0.2) is 0 Å². The molecule has 0 atom stereocenters. The average Bonchev–Trinajstić information content (AvgIpc) is 3.47. The van der Waals surface area contributed by atoms with Crippen molar-refractivity contribution < 1.29 is 22.4 Å². The van der Waals surface area contributed by atoms with E-state index in [0.29, 0.717) is 23.7 Å². The van der Waals surface area contributed by atoms with E-state index in [1.165, 1.54) is 33.6 Å². The van der Waals surface area contributed by atoms with Gasteiger partial charge in [-0.15, -0.1) is 18.0 Å². The Kier molecular flexibility index (Phi) is 12.8. The van der Waals surface area contributed by atoms with E-state index in [0.717, 1.165) is 11.4 Å². The Morgan fingerprint density at radius 3 is 1.02 bits per heavy atom. The molecule has 231 valence electrons. The maximum Gasteiger partial charge on any atom is 0.0195 e. The Balaban J connectivity index is 0.000000302. The first-order valence-corrected chi connectivity index (χ1v) is 15.3. The van der Waals surface area contributed by atoms with Gasteiger partial charge >= 0.3 is 0 Å². The summed E-state index contributed by atoms with van der Waals surface area (Å²) in [5, 5.41) is 4.44. The third kappa shape index (κ3) is 8.66. The van der Waals surface area contributed by atoms with E-state index in [1.54, 1.807) is 0 Å². The molecule has 0 aromatic heterocycles. The fourth-order valence-corrected chi connectivity index (χ4v) is 5.39. The molecule has 5 rings (SSSR count). The quantitative estimate of drug-likeness (QED) is 0.132. The van der Waals surface area contributed by atoms with E-state index in [9.17, 15) is 0 Å². The van der Waals surface area contributed by atoms with E-state index < -0.39 is 0 Å². The monoisotopic (exact) mass is 754 g/mol. The third-order valence-corrected chi connectivity index (χ3v) is 7.61. The summed E-state index contributed by atoms with van der Waals surface area (Å²) in [5.41, 5.74) is 10.3. The second-order valence-electron chi connectivity index (χ2n) is 12.2. The van der Waals surface area contributed by atoms with Crippen LogP contribution in [0.5, 0.6) is 0 Å². The van der Waals surface area contributed by atoms with Gasteiger partial charge in [0.25, 0.3) is 0 Å². The Morgan fingerprint density at radius 2 is 0.744 bits per heavy atom. The summed E-state index contributed by atoms with van der Waals surface area (Å²) >= 11 is 0. The molecule has 0 spiro atoms. The first-order chi connectivity index (χ1) is 20.2. The minimum absolute atomic E-state index is 0. The van der Waals surface area contributed by atoms with Crippen LogP contribution in [0.25, 0.3) is 5.32 Å². The first-order valence-electron chi connectivity index (χ1n) is 15.3. The van der Waals surface area contributed by atoms with Gasteiger partial charge in [0, 0.05) is 33.8 Å². The van der Waals surface area contributed by atoms with Crippen molar-refractivity contribution in [3.8, 4) is 0 Å². The summed E-state index contributed by atoms with van der Waals surface area (Å²) in [5.74, 6) is 1.92. The number of para-hydroxylation sites is 4. The number of anilines is 2. The summed E-state index contributed by atoms with van der Waals surface area (Å²) < 4.78 is 0. The Morgan fingerprint density at radius 1 is 0.442 bits per heavy atom. The number of hydrogen-bond donors (Lipinski definition) is 0. The summed E-state index contributed by atoms with van der Waals surface area (Å²) in [6.07, 6.45) is 4.43. The molecule has 0 amide bonds. The normalized spacial score (nSPS) is 12.6. The fraction of sp³-hybridized carbons (Fsp3) is 0.308. The van der Waals surface area contributed by atoms with Crippen LogP contribution in [0.15, 0.2) is 109 Å². The van der Waals surface area contributed by atoms with Crippen molar-refractivity contribution in [2.45, 2.75) is 79.1 Å². The molecular weight excluding hydrogens is 707 g/mol. The zero-order valence-electron chi connectivity index (χ0n) is 26.9. The zero-order chi connectivity index (χ0) is 30.2. The molecular formula is C39H47AuN3-2. The van der Waals surface area contributed by atoms with Crippen molar-refractivity contribution in [1.82, 2.24) is 0 Å². The molecule has 4 aromatic carbocycles. The van der Waals surface area contributed by atoms with Crippen molar-refractivity contribution in [2.24, 2.45) is 0 Å². The zero-order valence-corrected chi connectivity index (χ0v) is 29.1. The van der Waals surface area contributed by atoms with Crippen LogP contribution in [-0.4, -0.2) is 0 Å². The molecule has 0 fully saturated rings. The van der Waals surface area contributed by atoms with Crippen LogP contribution in [0.4, 0.5) is 22.7 Å². The van der Waals surface area contributed by atoms with E-state index in [2.05, 4.69) is 126 Å². The number of hydrogen-bond acceptors (Lipinski definition) is 2. The number of benzene rings is 4. The van der Waals surface area contributed by atoms with Crippen LogP contribution in [0.1, 0.15) is 101 Å². The van der Waals surface area contributed by atoms with Gasteiger partial charge in [0.05, 0.1) is 0 Å². The van der Waals surface area contributed by atoms with Crippen LogP contribution in [0.2, 0.25) is 0 Å². The minimum Gasteiger partial charge on any atom is -0.658 e. The van der Waals surface area contributed by atoms with E-state index in [4.69, 9.17) is 0 Å². The van der Waals surface area contributed by atoms with Crippen LogP contribution < -0.4 is 9.80 Å².